The van der Waals surface area contributed by atoms with Crippen LogP contribution in [0.5, 0.6) is 5.75 Å². The molecule has 0 bridgehead atoms. The summed E-state index contributed by atoms with van der Waals surface area (Å²) in [5.74, 6) is -0.717. The number of carbonyl (C=O) groups is 2. The lowest BCUT2D eigenvalue weighted by Gasteiger charge is -2.27. The van der Waals surface area contributed by atoms with Crippen LogP contribution in [0.4, 0.5) is 5.69 Å². The van der Waals surface area contributed by atoms with Gasteiger partial charge in [0.05, 0.1) is 16.1 Å². The number of nitro groups is 1. The number of non-ortho nitro benzene ring substituents is 1. The van der Waals surface area contributed by atoms with Crippen LogP contribution in [-0.4, -0.2) is 22.8 Å². The standard InChI is InChI=1S/C33H25NO5P/c35-31(30-18-10-11-19-32(30)39-33(36)25-20-22-26(23-21-25)34(37)38)24-40(27-12-4-1-5-13-27,28-14-6-2-7-15-28)29-16-8-3-9-17-29/h1-23H,24H2/q+1. The molecule has 0 unspecified atom stereocenters. The maximum atomic E-state index is 14.2. The van der Waals surface area contributed by atoms with Crippen molar-refractivity contribution in [2.45, 2.75) is 0 Å². The first-order chi connectivity index (χ1) is 19.5. The van der Waals surface area contributed by atoms with Crippen LogP contribution in [0, 0.1) is 10.1 Å². The molecule has 0 aliphatic carbocycles. The minimum absolute atomic E-state index is 0.129. The molecule has 5 rings (SSSR count). The molecular weight excluding hydrogens is 521 g/mol. The van der Waals surface area contributed by atoms with Crippen molar-refractivity contribution < 1.29 is 19.2 Å². The second-order valence-electron chi connectivity index (χ2n) is 9.09. The topological polar surface area (TPSA) is 86.5 Å². The summed E-state index contributed by atoms with van der Waals surface area (Å²) in [6.07, 6.45) is 0.192. The van der Waals surface area contributed by atoms with E-state index in [0.717, 1.165) is 15.9 Å². The Bertz CT molecular complexity index is 1540. The van der Waals surface area contributed by atoms with Crippen LogP contribution in [0.3, 0.4) is 0 Å². The lowest BCUT2D eigenvalue weighted by atomic mass is 10.1. The number of Topliss-reactive ketones (excluding diaryl/α,β-unsaturated/α-hetero) is 1. The summed E-state index contributed by atoms with van der Waals surface area (Å²) in [6, 6.07) is 42.1. The Kier molecular flexibility index (Phi) is 7.90. The summed E-state index contributed by atoms with van der Waals surface area (Å²) in [5, 5.41) is 14.2. The quantitative estimate of drug-likeness (QED) is 0.0566. The molecule has 6 nitrogen and oxygen atoms in total. The monoisotopic (exact) mass is 546 g/mol. The highest BCUT2D eigenvalue weighted by molar-refractivity contribution is 7.96. The molecule has 0 aliphatic heterocycles. The van der Waals surface area contributed by atoms with Gasteiger partial charge in [-0.25, -0.2) is 4.79 Å². The van der Waals surface area contributed by atoms with Gasteiger partial charge < -0.3 is 4.74 Å². The van der Waals surface area contributed by atoms with Gasteiger partial charge in [0, 0.05) is 12.1 Å². The molecule has 0 radical (unpaired) electrons. The zero-order chi connectivity index (χ0) is 28.0. The van der Waals surface area contributed by atoms with Crippen molar-refractivity contribution in [2.75, 3.05) is 6.16 Å². The molecule has 0 saturated heterocycles. The Hall–Kier alpha value is -4.93. The molecule has 0 aliphatic rings. The number of hydrogen-bond donors (Lipinski definition) is 0. The second-order valence-corrected chi connectivity index (χ2v) is 12.6. The molecule has 196 valence electrons. The van der Waals surface area contributed by atoms with Gasteiger partial charge in [0.15, 0.2) is 0 Å². The lowest BCUT2D eigenvalue weighted by Crippen LogP contribution is -2.35. The van der Waals surface area contributed by atoms with E-state index in [2.05, 4.69) is 36.4 Å². The third-order valence-electron chi connectivity index (χ3n) is 6.68. The maximum Gasteiger partial charge on any atom is 0.343 e. The Labute approximate surface area is 232 Å². The van der Waals surface area contributed by atoms with Crippen LogP contribution < -0.4 is 20.7 Å². The number of carbonyl (C=O) groups excluding carboxylic acids is 2. The van der Waals surface area contributed by atoms with Crippen molar-refractivity contribution in [1.82, 2.24) is 0 Å². The minimum atomic E-state index is -2.46. The van der Waals surface area contributed by atoms with Crippen LogP contribution in [0.1, 0.15) is 20.7 Å². The van der Waals surface area contributed by atoms with Crippen molar-refractivity contribution in [2.24, 2.45) is 0 Å². The average molecular weight is 547 g/mol. The fraction of sp³-hybridized carbons (Fsp3) is 0.0303. The molecule has 0 heterocycles. The molecule has 0 spiro atoms. The lowest BCUT2D eigenvalue weighted by molar-refractivity contribution is -0.384. The first kappa shape index (κ1) is 26.7. The van der Waals surface area contributed by atoms with E-state index in [1.54, 1.807) is 24.3 Å². The molecule has 0 aromatic heterocycles. The number of nitro benzene ring substituents is 1. The molecule has 0 amide bonds. The van der Waals surface area contributed by atoms with E-state index in [-0.39, 0.29) is 28.9 Å². The largest absolute Gasteiger partial charge is 0.422 e. The van der Waals surface area contributed by atoms with Crippen LogP contribution in [-0.2, 0) is 0 Å². The summed E-state index contributed by atoms with van der Waals surface area (Å²) in [6.45, 7) is 0. The SMILES string of the molecule is O=C(Oc1ccccc1C(=O)C[P+](c1ccccc1)(c1ccccc1)c1ccccc1)c1ccc([N+](=O)[O-])cc1. The van der Waals surface area contributed by atoms with Crippen LogP contribution in [0.2, 0.25) is 0 Å². The number of nitrogens with zero attached hydrogens (tertiary/aromatic N) is 1. The minimum Gasteiger partial charge on any atom is -0.422 e. The Morgan fingerprint density at radius 3 is 1.55 bits per heavy atom. The number of benzene rings is 5. The van der Waals surface area contributed by atoms with E-state index in [9.17, 15) is 19.7 Å². The third-order valence-corrected chi connectivity index (χ3v) is 11.0. The average Bonchev–Trinajstić information content (AvgIpc) is 3.01. The normalized spacial score (nSPS) is 11.0. The number of para-hydroxylation sites is 1. The van der Waals surface area contributed by atoms with Crippen LogP contribution in [0.25, 0.3) is 0 Å². The summed E-state index contributed by atoms with van der Waals surface area (Å²) < 4.78 is 5.67. The van der Waals surface area contributed by atoms with Gasteiger partial charge in [-0.15, -0.1) is 0 Å². The fourth-order valence-electron chi connectivity index (χ4n) is 4.73. The predicted molar refractivity (Wildman–Crippen MR) is 159 cm³/mol. The smallest absolute Gasteiger partial charge is 0.343 e. The van der Waals surface area contributed by atoms with Gasteiger partial charge in [0.2, 0.25) is 5.78 Å². The fourth-order valence-corrected chi connectivity index (χ4v) is 8.82. The van der Waals surface area contributed by atoms with Crippen molar-refractivity contribution >= 4 is 40.6 Å². The van der Waals surface area contributed by atoms with Gasteiger partial charge in [-0.3, -0.25) is 14.9 Å². The van der Waals surface area contributed by atoms with E-state index < -0.39 is 18.2 Å². The molecule has 0 atom stereocenters. The maximum absolute atomic E-state index is 14.2. The van der Waals surface area contributed by atoms with Crippen molar-refractivity contribution in [3.05, 3.63) is 161 Å². The zero-order valence-electron chi connectivity index (χ0n) is 21.4. The van der Waals surface area contributed by atoms with Gasteiger partial charge in [-0.1, -0.05) is 66.7 Å². The highest BCUT2D eigenvalue weighted by atomic mass is 31.2. The molecule has 5 aromatic carbocycles. The molecule has 0 saturated carbocycles. The van der Waals surface area contributed by atoms with E-state index in [1.807, 2.05) is 54.6 Å². The summed E-state index contributed by atoms with van der Waals surface area (Å²) in [5.41, 5.74) is 0.313. The zero-order valence-corrected chi connectivity index (χ0v) is 22.3. The predicted octanol–water partition coefficient (Wildman–Crippen LogP) is 5.99. The highest BCUT2D eigenvalue weighted by Crippen LogP contribution is 2.55. The van der Waals surface area contributed by atoms with Crippen molar-refractivity contribution in [3.63, 3.8) is 0 Å². The summed E-state index contributed by atoms with van der Waals surface area (Å²) >= 11 is 0. The first-order valence-corrected chi connectivity index (χ1v) is 14.6. The molecule has 0 N–H and O–H groups in total. The van der Waals surface area contributed by atoms with Gasteiger partial charge in [-0.2, -0.15) is 0 Å². The Morgan fingerprint density at radius 1 is 0.625 bits per heavy atom. The molecule has 0 fully saturated rings. The number of esters is 1. The van der Waals surface area contributed by atoms with E-state index in [0.29, 0.717) is 5.56 Å². The molecular formula is C33H25NO5P+. The first-order valence-electron chi connectivity index (χ1n) is 12.6. The van der Waals surface area contributed by atoms with Crippen molar-refractivity contribution in [3.8, 4) is 5.75 Å². The van der Waals surface area contributed by atoms with Gasteiger partial charge in [0.1, 0.15) is 35.1 Å². The summed E-state index contributed by atoms with van der Waals surface area (Å²) in [4.78, 5) is 37.6. The summed E-state index contributed by atoms with van der Waals surface area (Å²) in [7, 11) is -2.46. The van der Waals surface area contributed by atoms with Crippen molar-refractivity contribution in [1.29, 1.82) is 0 Å². The molecule has 40 heavy (non-hydrogen) atoms. The van der Waals surface area contributed by atoms with Gasteiger partial charge in [-0.05, 0) is 60.7 Å². The van der Waals surface area contributed by atoms with E-state index in [1.165, 1.54) is 24.3 Å². The molecule has 5 aromatic rings. The molecule has 7 heteroatoms. The number of hydrogen-bond acceptors (Lipinski definition) is 5. The Balaban J connectivity index is 1.55. The second kappa shape index (κ2) is 11.9. The Morgan fingerprint density at radius 2 is 1.07 bits per heavy atom. The number of ketones is 1. The van der Waals surface area contributed by atoms with E-state index >= 15 is 0 Å². The van der Waals surface area contributed by atoms with E-state index in [4.69, 9.17) is 4.74 Å². The number of ether oxygens (including phenoxy) is 1. The van der Waals surface area contributed by atoms with Gasteiger partial charge >= 0.3 is 5.97 Å². The van der Waals surface area contributed by atoms with Crippen LogP contribution in [0.15, 0.2) is 140 Å². The highest BCUT2D eigenvalue weighted by Gasteiger charge is 2.47. The third kappa shape index (κ3) is 5.44. The van der Waals surface area contributed by atoms with Gasteiger partial charge in [0.25, 0.3) is 5.69 Å². The van der Waals surface area contributed by atoms with Crippen LogP contribution >= 0.6 is 7.26 Å². The number of rotatable bonds is 9.